The van der Waals surface area contributed by atoms with Crippen LogP contribution < -0.4 is 15.7 Å². The Hall–Kier alpha value is -2.97. The first kappa shape index (κ1) is 18.8. The number of hydrogen-bond acceptors (Lipinski definition) is 6. The van der Waals surface area contributed by atoms with Crippen LogP contribution in [0.5, 0.6) is 0 Å². The first-order valence-electron chi connectivity index (χ1n) is 8.01. The molecule has 6 nitrogen and oxygen atoms in total. The summed E-state index contributed by atoms with van der Waals surface area (Å²) in [5, 5.41) is 20.3. The van der Waals surface area contributed by atoms with Crippen LogP contribution in [0.4, 0.5) is 11.4 Å². The zero-order valence-corrected chi connectivity index (χ0v) is 15.7. The van der Waals surface area contributed by atoms with E-state index in [-0.39, 0.29) is 35.9 Å². The summed E-state index contributed by atoms with van der Waals surface area (Å²) >= 11 is 2.92. The molecule has 2 amide bonds. The van der Waals surface area contributed by atoms with Gasteiger partial charge in [-0.25, -0.2) is 0 Å². The molecule has 0 aliphatic carbocycles. The van der Waals surface area contributed by atoms with Gasteiger partial charge in [-0.05, 0) is 40.6 Å². The molecule has 0 saturated carbocycles. The monoisotopic (exact) mass is 399 g/mol. The lowest BCUT2D eigenvalue weighted by molar-refractivity contribution is -0.255. The molecule has 138 valence electrons. The number of rotatable bonds is 7. The van der Waals surface area contributed by atoms with Crippen molar-refractivity contribution in [3.63, 3.8) is 0 Å². The van der Waals surface area contributed by atoms with E-state index in [1.807, 2.05) is 35.0 Å². The Kier molecular flexibility index (Phi) is 6.00. The standard InChI is InChI=1S/C19H16N2O4S2/c22-17(10-13-3-1-7-26-13)20-15-6-5-12(19(24)25)9-16(15)21-18(23)11-14-4-2-8-27-14/h1-9H,10-11H2,(H,20,22)(H,21,23)(H,24,25)/p-1. The molecule has 2 N–H and O–H groups in total. The van der Waals surface area contributed by atoms with Crippen LogP contribution in [0.2, 0.25) is 0 Å². The second-order valence-corrected chi connectivity index (χ2v) is 7.72. The fraction of sp³-hybridized carbons (Fsp3) is 0.105. The zero-order chi connectivity index (χ0) is 19.2. The van der Waals surface area contributed by atoms with Crippen LogP contribution in [0.25, 0.3) is 0 Å². The molecule has 0 saturated heterocycles. The summed E-state index contributed by atoms with van der Waals surface area (Å²) in [6.45, 7) is 0. The van der Waals surface area contributed by atoms with E-state index in [0.29, 0.717) is 5.69 Å². The summed E-state index contributed by atoms with van der Waals surface area (Å²) in [6.07, 6.45) is 0.359. The van der Waals surface area contributed by atoms with Crippen molar-refractivity contribution < 1.29 is 19.5 Å². The number of carbonyl (C=O) groups is 3. The SMILES string of the molecule is O=C(Cc1cccs1)Nc1ccc(C(=O)[O-])cc1NC(=O)Cc1cccs1. The van der Waals surface area contributed by atoms with Crippen molar-refractivity contribution in [2.45, 2.75) is 12.8 Å². The van der Waals surface area contributed by atoms with E-state index in [0.717, 1.165) is 9.75 Å². The number of carboxylic acid groups (broad SMARTS) is 1. The highest BCUT2D eigenvalue weighted by Gasteiger charge is 2.13. The highest BCUT2D eigenvalue weighted by Crippen LogP contribution is 2.24. The van der Waals surface area contributed by atoms with Crippen LogP contribution in [0.15, 0.2) is 53.2 Å². The molecule has 0 aliphatic rings. The third-order valence-electron chi connectivity index (χ3n) is 3.63. The van der Waals surface area contributed by atoms with Crippen LogP contribution in [0, 0.1) is 0 Å². The van der Waals surface area contributed by atoms with Gasteiger partial charge in [0, 0.05) is 9.75 Å². The van der Waals surface area contributed by atoms with Crippen LogP contribution in [-0.4, -0.2) is 17.8 Å². The maximum Gasteiger partial charge on any atom is 0.229 e. The Labute approximate surface area is 163 Å². The fourth-order valence-corrected chi connectivity index (χ4v) is 3.82. The predicted octanol–water partition coefficient (Wildman–Crippen LogP) is 2.54. The minimum absolute atomic E-state index is 0.0855. The smallest absolute Gasteiger partial charge is 0.229 e. The first-order valence-corrected chi connectivity index (χ1v) is 9.77. The number of thiophene rings is 2. The van der Waals surface area contributed by atoms with Crippen molar-refractivity contribution in [1.29, 1.82) is 0 Å². The van der Waals surface area contributed by atoms with Crippen LogP contribution in [0.1, 0.15) is 20.1 Å². The third kappa shape index (κ3) is 5.25. The van der Waals surface area contributed by atoms with Gasteiger partial charge in [-0.3, -0.25) is 9.59 Å². The van der Waals surface area contributed by atoms with E-state index in [1.54, 1.807) is 0 Å². The highest BCUT2D eigenvalue weighted by atomic mass is 32.1. The zero-order valence-electron chi connectivity index (χ0n) is 14.1. The van der Waals surface area contributed by atoms with Crippen molar-refractivity contribution in [3.05, 3.63) is 68.5 Å². The minimum atomic E-state index is -1.36. The molecule has 2 aromatic heterocycles. The lowest BCUT2D eigenvalue weighted by atomic mass is 10.1. The van der Waals surface area contributed by atoms with Gasteiger partial charge in [0.2, 0.25) is 11.8 Å². The molecule has 2 heterocycles. The second-order valence-electron chi connectivity index (χ2n) is 5.66. The van der Waals surface area contributed by atoms with E-state index in [9.17, 15) is 19.5 Å². The highest BCUT2D eigenvalue weighted by molar-refractivity contribution is 7.10. The Bertz CT molecular complexity index is 950. The number of carboxylic acids is 1. The molecule has 0 atom stereocenters. The minimum Gasteiger partial charge on any atom is -0.545 e. The Balaban J connectivity index is 1.76. The van der Waals surface area contributed by atoms with E-state index in [2.05, 4.69) is 10.6 Å². The normalized spacial score (nSPS) is 10.4. The summed E-state index contributed by atoms with van der Waals surface area (Å²) in [4.78, 5) is 37.4. The van der Waals surface area contributed by atoms with Crippen LogP contribution in [0.3, 0.4) is 0 Å². The van der Waals surface area contributed by atoms with Gasteiger partial charge in [-0.2, -0.15) is 0 Å². The summed E-state index contributed by atoms with van der Waals surface area (Å²) < 4.78 is 0. The molecule has 27 heavy (non-hydrogen) atoms. The van der Waals surface area contributed by atoms with Gasteiger partial charge in [-0.15, -0.1) is 22.7 Å². The number of benzene rings is 1. The van der Waals surface area contributed by atoms with Gasteiger partial charge < -0.3 is 20.5 Å². The molecule has 8 heteroatoms. The molecular formula is C19H15N2O4S2-. The van der Waals surface area contributed by atoms with Gasteiger partial charge in [0.05, 0.1) is 30.2 Å². The van der Waals surface area contributed by atoms with Gasteiger partial charge in [-0.1, -0.05) is 18.2 Å². The number of carbonyl (C=O) groups excluding carboxylic acids is 3. The number of amides is 2. The number of aromatic carboxylic acids is 1. The number of anilines is 2. The molecule has 0 spiro atoms. The molecular weight excluding hydrogens is 384 g/mol. The van der Waals surface area contributed by atoms with Crippen LogP contribution in [-0.2, 0) is 22.4 Å². The molecule has 3 aromatic rings. The molecule has 0 aliphatic heterocycles. The molecule has 0 radical (unpaired) electrons. The third-order valence-corrected chi connectivity index (χ3v) is 5.39. The summed E-state index contributed by atoms with van der Waals surface area (Å²) in [6, 6.07) is 11.4. The Morgan fingerprint density at radius 3 is 1.85 bits per heavy atom. The Morgan fingerprint density at radius 2 is 1.37 bits per heavy atom. The summed E-state index contributed by atoms with van der Waals surface area (Å²) in [5.74, 6) is -1.92. The van der Waals surface area contributed by atoms with Gasteiger partial charge in [0.25, 0.3) is 0 Å². The van der Waals surface area contributed by atoms with Crippen molar-refractivity contribution in [2.75, 3.05) is 10.6 Å². The molecule has 0 fully saturated rings. The average Bonchev–Trinajstić information content (AvgIpc) is 3.30. The predicted molar refractivity (Wildman–Crippen MR) is 104 cm³/mol. The van der Waals surface area contributed by atoms with Gasteiger partial charge in [0.1, 0.15) is 0 Å². The van der Waals surface area contributed by atoms with Crippen molar-refractivity contribution >= 4 is 51.8 Å². The largest absolute Gasteiger partial charge is 0.545 e. The molecule has 3 rings (SSSR count). The van der Waals surface area contributed by atoms with Gasteiger partial charge in [0.15, 0.2) is 0 Å². The van der Waals surface area contributed by atoms with E-state index in [1.165, 1.54) is 40.9 Å². The fourth-order valence-electron chi connectivity index (χ4n) is 2.42. The summed E-state index contributed by atoms with van der Waals surface area (Å²) in [7, 11) is 0. The maximum absolute atomic E-state index is 12.3. The van der Waals surface area contributed by atoms with Crippen LogP contribution >= 0.6 is 22.7 Å². The second kappa shape index (κ2) is 8.61. The van der Waals surface area contributed by atoms with Crippen molar-refractivity contribution in [1.82, 2.24) is 0 Å². The number of hydrogen-bond donors (Lipinski definition) is 2. The summed E-state index contributed by atoms with van der Waals surface area (Å²) in [5.41, 5.74) is 0.469. The van der Waals surface area contributed by atoms with Crippen molar-refractivity contribution in [2.24, 2.45) is 0 Å². The van der Waals surface area contributed by atoms with E-state index >= 15 is 0 Å². The lowest BCUT2D eigenvalue weighted by Gasteiger charge is -2.14. The van der Waals surface area contributed by atoms with Crippen molar-refractivity contribution in [3.8, 4) is 0 Å². The topological polar surface area (TPSA) is 98.3 Å². The van der Waals surface area contributed by atoms with E-state index < -0.39 is 5.97 Å². The molecule has 0 unspecified atom stereocenters. The van der Waals surface area contributed by atoms with E-state index in [4.69, 9.17) is 0 Å². The quantitative estimate of drug-likeness (QED) is 0.638. The molecule has 0 bridgehead atoms. The van der Waals surface area contributed by atoms with Gasteiger partial charge >= 0.3 is 0 Å². The maximum atomic E-state index is 12.3. The Morgan fingerprint density at radius 1 is 0.815 bits per heavy atom. The first-order chi connectivity index (χ1) is 13.0. The average molecular weight is 399 g/mol. The molecule has 1 aromatic carbocycles. The number of nitrogens with one attached hydrogen (secondary N) is 2. The lowest BCUT2D eigenvalue weighted by Crippen LogP contribution is -2.23.